The van der Waals surface area contributed by atoms with Crippen molar-refractivity contribution < 1.29 is 37.1 Å². The predicted molar refractivity (Wildman–Crippen MR) is 231 cm³/mol. The minimum atomic E-state index is -3.98. The predicted octanol–water partition coefficient (Wildman–Crippen LogP) is 7.89. The average Bonchev–Trinajstić information content (AvgIpc) is 4.12. The van der Waals surface area contributed by atoms with E-state index in [1.165, 1.54) is 26.4 Å². The lowest BCUT2D eigenvalue weighted by molar-refractivity contribution is -0.146. The highest BCUT2D eigenvalue weighted by Gasteiger charge is 2.39. The molecule has 60 heavy (non-hydrogen) atoms. The van der Waals surface area contributed by atoms with Gasteiger partial charge in [0.15, 0.2) is 0 Å². The molecule has 4 aromatic rings. The van der Waals surface area contributed by atoms with Crippen LogP contribution in [0.4, 0.5) is 17.1 Å². The van der Waals surface area contributed by atoms with Gasteiger partial charge in [0, 0.05) is 42.6 Å². The Morgan fingerprint density at radius 2 is 1.37 bits per heavy atom. The number of rotatable bonds is 15. The fraction of sp³-hybridized carbons (Fsp3) is 0.404. The zero-order chi connectivity index (χ0) is 42.2. The average molecular weight is 835 g/mol. The summed E-state index contributed by atoms with van der Waals surface area (Å²) >= 11 is 0. The molecule has 2 saturated carbocycles. The van der Waals surface area contributed by atoms with Gasteiger partial charge >= 0.3 is 11.9 Å². The molecule has 3 fully saturated rings. The number of anilines is 3. The minimum Gasteiger partial charge on any atom is -0.469 e. The third-order valence-corrected chi connectivity index (χ3v) is 13.9. The number of amides is 2. The molecule has 0 atom stereocenters. The molecule has 0 unspecified atom stereocenters. The molecule has 1 saturated heterocycles. The summed E-state index contributed by atoms with van der Waals surface area (Å²) in [4.78, 5) is 54.2. The van der Waals surface area contributed by atoms with Crippen molar-refractivity contribution in [2.45, 2.75) is 81.6 Å². The largest absolute Gasteiger partial charge is 0.469 e. The van der Waals surface area contributed by atoms with Gasteiger partial charge in [0.1, 0.15) is 0 Å². The van der Waals surface area contributed by atoms with Crippen LogP contribution in [0.1, 0.15) is 100.0 Å². The molecule has 13 heteroatoms. The lowest BCUT2D eigenvalue weighted by atomic mass is 9.86. The van der Waals surface area contributed by atoms with Crippen LogP contribution in [0.15, 0.2) is 95.9 Å². The van der Waals surface area contributed by atoms with Gasteiger partial charge in [0.05, 0.1) is 41.8 Å². The summed E-state index contributed by atoms with van der Waals surface area (Å²) in [6, 6.07) is 26.2. The number of hydrogen-bond acceptors (Lipinski definition) is 9. The van der Waals surface area contributed by atoms with Crippen LogP contribution in [-0.4, -0.2) is 76.4 Å². The van der Waals surface area contributed by atoms with Gasteiger partial charge in [0.25, 0.3) is 11.8 Å². The van der Waals surface area contributed by atoms with Crippen molar-refractivity contribution in [2.24, 2.45) is 11.8 Å². The Morgan fingerprint density at radius 3 is 2.00 bits per heavy atom. The number of piperidine rings is 1. The maximum absolute atomic E-state index is 14.3. The first kappa shape index (κ1) is 42.6. The summed E-state index contributed by atoms with van der Waals surface area (Å²) in [6.45, 7) is 2.15. The summed E-state index contributed by atoms with van der Waals surface area (Å²) in [5, 5.41) is 5.92. The molecule has 4 aromatic carbocycles. The van der Waals surface area contributed by atoms with E-state index in [1.54, 1.807) is 34.6 Å². The van der Waals surface area contributed by atoms with Crippen LogP contribution < -0.4 is 15.5 Å². The summed E-state index contributed by atoms with van der Waals surface area (Å²) < 4.78 is 39.9. The zero-order valence-corrected chi connectivity index (χ0v) is 35.2. The van der Waals surface area contributed by atoms with Crippen LogP contribution in [0.25, 0.3) is 0 Å². The van der Waals surface area contributed by atoms with E-state index < -0.39 is 21.8 Å². The van der Waals surface area contributed by atoms with Crippen LogP contribution >= 0.6 is 0 Å². The van der Waals surface area contributed by atoms with Gasteiger partial charge in [0.2, 0.25) is 10.0 Å². The normalized spacial score (nSPS) is 18.1. The van der Waals surface area contributed by atoms with Crippen molar-refractivity contribution in [3.8, 4) is 0 Å². The number of nitrogens with one attached hydrogen (secondary N) is 2. The van der Waals surface area contributed by atoms with E-state index in [9.17, 15) is 27.6 Å². The number of carbonyl (C=O) groups is 4. The number of esters is 2. The van der Waals surface area contributed by atoms with E-state index >= 15 is 0 Å². The zero-order valence-electron chi connectivity index (χ0n) is 34.4. The Labute approximate surface area is 352 Å². The Hall–Kier alpha value is -5.53. The van der Waals surface area contributed by atoms with Crippen LogP contribution in [0.3, 0.4) is 0 Å². The number of nitrogens with zero attached hydrogens (tertiary/aromatic N) is 2. The van der Waals surface area contributed by atoms with Crippen molar-refractivity contribution in [1.29, 1.82) is 0 Å². The summed E-state index contributed by atoms with van der Waals surface area (Å²) in [5.74, 6) is -1.49. The van der Waals surface area contributed by atoms with Crippen molar-refractivity contribution in [2.75, 3.05) is 49.4 Å². The molecule has 2 N–H and O–H groups in total. The molecule has 2 aliphatic carbocycles. The first-order valence-corrected chi connectivity index (χ1v) is 22.4. The minimum absolute atomic E-state index is 0.0317. The summed E-state index contributed by atoms with van der Waals surface area (Å²) in [5.41, 5.74) is 4.89. The summed E-state index contributed by atoms with van der Waals surface area (Å²) in [7, 11) is -1.24. The molecular formula is C47H54N4O8S. The van der Waals surface area contributed by atoms with Crippen molar-refractivity contribution in [3.05, 3.63) is 119 Å². The van der Waals surface area contributed by atoms with E-state index in [2.05, 4.69) is 15.5 Å². The van der Waals surface area contributed by atoms with Gasteiger partial charge in [-0.15, -0.1) is 0 Å². The molecule has 3 aliphatic rings. The standard InChI is InChI=1S/C47H54N4O8S/c1-58-46(54)35-17-13-32(14-18-35)9-10-33-15-21-38(22-16-33)48-45(53)42-30-40(50-27-4-3-5-28-50)25-26-43(42)49-44(52)37-7-6-8-41(29-37)60(56,57)51(31-34-11-12-34)39-23-19-36(20-24-39)47(55)59-2/h6-8,13-18,21-22,25-26,29-30,34,36,39H,3-5,9-12,19-20,23-24,27-28,31H2,1-2H3,(H,48,53)(H,49,52)/t36-,39-. The summed E-state index contributed by atoms with van der Waals surface area (Å²) in [6.07, 6.45) is 8.98. The number of carbonyl (C=O) groups excluding carboxylic acids is 4. The number of sulfonamides is 1. The molecule has 2 amide bonds. The molecule has 0 spiro atoms. The molecular weight excluding hydrogens is 781 g/mol. The van der Waals surface area contributed by atoms with Gasteiger partial charge in [-0.2, -0.15) is 4.31 Å². The second kappa shape index (κ2) is 19.2. The maximum atomic E-state index is 14.3. The van der Waals surface area contributed by atoms with Gasteiger partial charge in [-0.1, -0.05) is 30.3 Å². The molecule has 12 nitrogen and oxygen atoms in total. The highest BCUT2D eigenvalue weighted by molar-refractivity contribution is 7.89. The molecule has 1 heterocycles. The number of ether oxygens (including phenoxy) is 2. The molecule has 0 aromatic heterocycles. The number of methoxy groups -OCH3 is 2. The van der Waals surface area contributed by atoms with E-state index in [-0.39, 0.29) is 39.9 Å². The Kier molecular flexibility index (Phi) is 13.7. The third-order valence-electron chi connectivity index (χ3n) is 12.0. The van der Waals surface area contributed by atoms with Crippen molar-refractivity contribution >= 4 is 50.8 Å². The van der Waals surface area contributed by atoms with Gasteiger partial charge < -0.3 is 25.0 Å². The second-order valence-corrected chi connectivity index (χ2v) is 18.0. The van der Waals surface area contributed by atoms with Crippen LogP contribution in [0.5, 0.6) is 0 Å². The van der Waals surface area contributed by atoms with Gasteiger partial charge in [-0.05, 0) is 148 Å². The molecule has 7 rings (SSSR count). The third kappa shape index (κ3) is 10.4. The lowest BCUT2D eigenvalue weighted by Gasteiger charge is -2.35. The van der Waals surface area contributed by atoms with Crippen LogP contribution in [-0.2, 0) is 37.1 Å². The lowest BCUT2D eigenvalue weighted by Crippen LogP contribution is -2.44. The number of hydrogen-bond donors (Lipinski definition) is 2. The Morgan fingerprint density at radius 1 is 0.700 bits per heavy atom. The van der Waals surface area contributed by atoms with Gasteiger partial charge in [-0.3, -0.25) is 14.4 Å². The number of aryl methyl sites for hydroxylation is 2. The fourth-order valence-electron chi connectivity index (χ4n) is 8.24. The first-order chi connectivity index (χ1) is 29.0. The first-order valence-electron chi connectivity index (χ1n) is 21.0. The van der Waals surface area contributed by atoms with Crippen LogP contribution in [0.2, 0.25) is 0 Å². The van der Waals surface area contributed by atoms with E-state index in [0.717, 1.165) is 74.8 Å². The van der Waals surface area contributed by atoms with Crippen molar-refractivity contribution in [3.63, 3.8) is 0 Å². The SMILES string of the molecule is COC(=O)c1ccc(CCc2ccc(NC(=O)c3cc(N4CCCCC4)ccc3NC(=O)c3cccc(S(=O)(=O)N(CC4CC4)[C@H]4CC[C@H](C(=O)OC)CC4)c3)cc2)cc1. The van der Waals surface area contributed by atoms with Crippen molar-refractivity contribution in [1.82, 2.24) is 4.31 Å². The van der Waals surface area contributed by atoms with E-state index in [0.29, 0.717) is 55.1 Å². The van der Waals surface area contributed by atoms with Crippen LogP contribution in [0, 0.1) is 11.8 Å². The van der Waals surface area contributed by atoms with E-state index in [1.807, 2.05) is 48.5 Å². The molecule has 1 aliphatic heterocycles. The molecule has 0 bridgehead atoms. The smallest absolute Gasteiger partial charge is 0.337 e. The molecule has 0 radical (unpaired) electrons. The number of benzene rings is 4. The highest BCUT2D eigenvalue weighted by atomic mass is 32.2. The Bertz CT molecular complexity index is 2280. The van der Waals surface area contributed by atoms with E-state index in [4.69, 9.17) is 9.47 Å². The van der Waals surface area contributed by atoms with Gasteiger partial charge in [-0.25, -0.2) is 13.2 Å². The quantitative estimate of drug-likeness (QED) is 0.114. The fourth-order valence-corrected chi connectivity index (χ4v) is 10.0. The molecule has 316 valence electrons. The second-order valence-electron chi connectivity index (χ2n) is 16.1. The maximum Gasteiger partial charge on any atom is 0.337 e. The Balaban J connectivity index is 1.06. The topological polar surface area (TPSA) is 151 Å². The highest BCUT2D eigenvalue weighted by Crippen LogP contribution is 2.37. The monoisotopic (exact) mass is 834 g/mol.